The van der Waals surface area contributed by atoms with E-state index in [9.17, 15) is 18.0 Å². The van der Waals surface area contributed by atoms with Crippen LogP contribution in [0.4, 0.5) is 13.2 Å². The summed E-state index contributed by atoms with van der Waals surface area (Å²) in [6.45, 7) is 0. The molecule has 128 valence electrons. The van der Waals surface area contributed by atoms with E-state index in [1.54, 1.807) is 13.2 Å². The second kappa shape index (κ2) is 6.76. The van der Waals surface area contributed by atoms with Crippen molar-refractivity contribution >= 4 is 5.91 Å². The highest BCUT2D eigenvalue weighted by Crippen LogP contribution is 2.22. The first-order chi connectivity index (χ1) is 11.9. The zero-order valence-electron chi connectivity index (χ0n) is 13.1. The Morgan fingerprint density at radius 2 is 1.80 bits per heavy atom. The number of amides is 1. The van der Waals surface area contributed by atoms with Crippen LogP contribution in [0.25, 0.3) is 0 Å². The number of nitrogens with one attached hydrogen (secondary N) is 1. The monoisotopic (exact) mass is 346 g/mol. The van der Waals surface area contributed by atoms with Gasteiger partial charge in [-0.05, 0) is 17.7 Å². The summed E-state index contributed by atoms with van der Waals surface area (Å²) in [6.07, 6.45) is 3.96. The van der Waals surface area contributed by atoms with E-state index in [0.29, 0.717) is 17.2 Å². The molecule has 5 nitrogen and oxygen atoms in total. The minimum atomic E-state index is -1.07. The maximum atomic E-state index is 13.8. The molecule has 0 aliphatic carbocycles. The smallest absolute Gasteiger partial charge is 0.273 e. The van der Waals surface area contributed by atoms with Crippen molar-refractivity contribution in [1.82, 2.24) is 20.1 Å². The Morgan fingerprint density at radius 3 is 2.40 bits per heavy atom. The normalized spacial score (nSPS) is 12.0. The molecule has 0 fully saturated rings. The van der Waals surface area contributed by atoms with Gasteiger partial charge in [0.25, 0.3) is 5.91 Å². The number of carbonyl (C=O) groups is 1. The average Bonchev–Trinajstić information content (AvgIpc) is 2.99. The lowest BCUT2D eigenvalue weighted by Gasteiger charge is -2.18. The van der Waals surface area contributed by atoms with Crippen LogP contribution in [0, 0.1) is 17.5 Å². The van der Waals surface area contributed by atoms with Crippen molar-refractivity contribution in [2.24, 2.45) is 7.05 Å². The SMILES string of the molecule is Cn1cc([C@H](NC(=O)c2ncc(F)cc2F)c2ccc(F)cc2)cn1. The van der Waals surface area contributed by atoms with Crippen molar-refractivity contribution in [1.29, 1.82) is 0 Å². The molecule has 1 amide bonds. The molecule has 0 radical (unpaired) electrons. The molecule has 1 N–H and O–H groups in total. The van der Waals surface area contributed by atoms with Crippen LogP contribution in [-0.4, -0.2) is 20.7 Å². The molecule has 0 aliphatic rings. The number of carbonyl (C=O) groups excluding carboxylic acids is 1. The minimum Gasteiger partial charge on any atom is -0.340 e. The van der Waals surface area contributed by atoms with E-state index >= 15 is 0 Å². The maximum absolute atomic E-state index is 13.8. The molecule has 3 aromatic rings. The minimum absolute atomic E-state index is 0.425. The van der Waals surface area contributed by atoms with Gasteiger partial charge in [-0.1, -0.05) is 12.1 Å². The number of hydrogen-bond acceptors (Lipinski definition) is 3. The Bertz CT molecular complexity index is 909. The molecular formula is C17H13F3N4O. The van der Waals surface area contributed by atoms with Gasteiger partial charge in [-0.15, -0.1) is 0 Å². The second-order valence-corrected chi connectivity index (χ2v) is 5.39. The van der Waals surface area contributed by atoms with Crippen LogP contribution in [0.1, 0.15) is 27.7 Å². The van der Waals surface area contributed by atoms with Crippen molar-refractivity contribution in [2.75, 3.05) is 0 Å². The van der Waals surface area contributed by atoms with E-state index in [0.717, 1.165) is 6.20 Å². The Balaban J connectivity index is 1.94. The molecule has 8 heteroatoms. The van der Waals surface area contributed by atoms with Gasteiger partial charge in [0.2, 0.25) is 0 Å². The van der Waals surface area contributed by atoms with Gasteiger partial charge in [0.15, 0.2) is 11.5 Å². The lowest BCUT2D eigenvalue weighted by Crippen LogP contribution is -2.30. The molecule has 0 bridgehead atoms. The quantitative estimate of drug-likeness (QED) is 0.790. The van der Waals surface area contributed by atoms with Crippen molar-refractivity contribution in [3.63, 3.8) is 0 Å². The number of hydrogen-bond donors (Lipinski definition) is 1. The van der Waals surface area contributed by atoms with Crippen LogP contribution in [0.3, 0.4) is 0 Å². The summed E-state index contributed by atoms with van der Waals surface area (Å²) >= 11 is 0. The molecule has 25 heavy (non-hydrogen) atoms. The number of nitrogens with zero attached hydrogens (tertiary/aromatic N) is 3. The molecular weight excluding hydrogens is 333 g/mol. The predicted octanol–water partition coefficient (Wildman–Crippen LogP) is 2.75. The number of aromatic nitrogens is 3. The van der Waals surface area contributed by atoms with Crippen LogP contribution in [0.15, 0.2) is 48.9 Å². The molecule has 0 spiro atoms. The largest absolute Gasteiger partial charge is 0.340 e. The highest BCUT2D eigenvalue weighted by Gasteiger charge is 2.22. The van der Waals surface area contributed by atoms with Crippen LogP contribution < -0.4 is 5.32 Å². The zero-order chi connectivity index (χ0) is 18.0. The van der Waals surface area contributed by atoms with Crippen LogP contribution in [-0.2, 0) is 7.05 Å². The standard InChI is InChI=1S/C17H13F3N4O/c1-24-9-11(7-22-24)15(10-2-4-12(18)5-3-10)23-17(25)16-14(20)6-13(19)8-21-16/h2-9,15H,1H3,(H,23,25)/t15-/m1/s1. The Labute approximate surface area is 141 Å². The number of aryl methyl sites for hydroxylation is 1. The van der Waals surface area contributed by atoms with E-state index in [1.165, 1.54) is 35.1 Å². The van der Waals surface area contributed by atoms with Crippen LogP contribution in [0.2, 0.25) is 0 Å². The predicted molar refractivity (Wildman–Crippen MR) is 83.1 cm³/mol. The fourth-order valence-corrected chi connectivity index (χ4v) is 2.38. The van der Waals surface area contributed by atoms with Crippen molar-refractivity contribution in [3.8, 4) is 0 Å². The van der Waals surface area contributed by atoms with Gasteiger partial charge in [-0.25, -0.2) is 18.2 Å². The van der Waals surface area contributed by atoms with Crippen LogP contribution >= 0.6 is 0 Å². The summed E-state index contributed by atoms with van der Waals surface area (Å²) in [5.41, 5.74) is 0.660. The fourth-order valence-electron chi connectivity index (χ4n) is 2.38. The third-order valence-corrected chi connectivity index (χ3v) is 3.56. The molecule has 2 aromatic heterocycles. The van der Waals surface area contributed by atoms with E-state index in [2.05, 4.69) is 15.4 Å². The summed E-state index contributed by atoms with van der Waals surface area (Å²) in [4.78, 5) is 15.9. The molecule has 0 aliphatic heterocycles. The van der Waals surface area contributed by atoms with Gasteiger partial charge in [-0.3, -0.25) is 9.48 Å². The summed E-state index contributed by atoms with van der Waals surface area (Å²) < 4.78 is 41.5. The van der Waals surface area contributed by atoms with Gasteiger partial charge in [-0.2, -0.15) is 5.10 Å². The van der Waals surface area contributed by atoms with Crippen molar-refractivity contribution in [3.05, 3.63) is 83.2 Å². The Morgan fingerprint density at radius 1 is 1.08 bits per heavy atom. The number of rotatable bonds is 4. The summed E-state index contributed by atoms with van der Waals surface area (Å²) in [7, 11) is 1.70. The topological polar surface area (TPSA) is 59.8 Å². The van der Waals surface area contributed by atoms with E-state index in [1.807, 2.05) is 0 Å². The molecule has 2 heterocycles. The van der Waals surface area contributed by atoms with Gasteiger partial charge < -0.3 is 5.32 Å². The Hall–Kier alpha value is -3.16. The molecule has 3 rings (SSSR count). The maximum Gasteiger partial charge on any atom is 0.273 e. The Kier molecular flexibility index (Phi) is 4.51. The number of benzene rings is 1. The average molecular weight is 346 g/mol. The first-order valence-corrected chi connectivity index (χ1v) is 7.30. The van der Waals surface area contributed by atoms with E-state index in [-0.39, 0.29) is 0 Å². The van der Waals surface area contributed by atoms with E-state index in [4.69, 9.17) is 0 Å². The molecule has 1 aromatic carbocycles. The highest BCUT2D eigenvalue weighted by molar-refractivity contribution is 5.93. The molecule has 0 saturated heterocycles. The number of halogens is 3. The van der Waals surface area contributed by atoms with Crippen LogP contribution in [0.5, 0.6) is 0 Å². The van der Waals surface area contributed by atoms with Crippen molar-refractivity contribution < 1.29 is 18.0 Å². The summed E-state index contributed by atoms with van der Waals surface area (Å²) in [5.74, 6) is -3.19. The van der Waals surface area contributed by atoms with E-state index < -0.39 is 35.1 Å². The van der Waals surface area contributed by atoms with Crippen molar-refractivity contribution in [2.45, 2.75) is 6.04 Å². The van der Waals surface area contributed by atoms with Gasteiger partial charge >= 0.3 is 0 Å². The van der Waals surface area contributed by atoms with Gasteiger partial charge in [0.05, 0.1) is 18.4 Å². The summed E-state index contributed by atoms with van der Waals surface area (Å²) in [6, 6.07) is 5.39. The third kappa shape index (κ3) is 3.68. The summed E-state index contributed by atoms with van der Waals surface area (Å²) in [5, 5.41) is 6.66. The van der Waals surface area contributed by atoms with Gasteiger partial charge in [0, 0.05) is 24.9 Å². The third-order valence-electron chi connectivity index (χ3n) is 3.56. The van der Waals surface area contributed by atoms with Gasteiger partial charge in [0.1, 0.15) is 11.6 Å². The first-order valence-electron chi connectivity index (χ1n) is 7.30. The molecule has 0 unspecified atom stereocenters. The molecule has 1 atom stereocenters. The number of pyridine rings is 1. The molecule has 0 saturated carbocycles. The fraction of sp³-hybridized carbons (Fsp3) is 0.118. The first kappa shape index (κ1) is 16.7. The zero-order valence-corrected chi connectivity index (χ0v) is 13.1. The lowest BCUT2D eigenvalue weighted by atomic mass is 10.0. The second-order valence-electron chi connectivity index (χ2n) is 5.39. The lowest BCUT2D eigenvalue weighted by molar-refractivity contribution is 0.0933. The highest BCUT2D eigenvalue weighted by atomic mass is 19.1.